The molecule has 0 unspecified atom stereocenters. The van der Waals surface area contributed by atoms with Gasteiger partial charge in [0, 0.05) is 0 Å². The van der Waals surface area contributed by atoms with Crippen molar-refractivity contribution in [2.24, 2.45) is 11.1 Å². The molecule has 0 spiro atoms. The third-order valence-corrected chi connectivity index (χ3v) is 3.10. The van der Waals surface area contributed by atoms with Crippen molar-refractivity contribution >= 4 is 29.2 Å². The van der Waals surface area contributed by atoms with Gasteiger partial charge in [0.15, 0.2) is 0 Å². The van der Waals surface area contributed by atoms with Crippen LogP contribution in [0.3, 0.4) is 0 Å². The fourth-order valence-corrected chi connectivity index (χ4v) is 2.07. The summed E-state index contributed by atoms with van der Waals surface area (Å²) in [7, 11) is 0. The molecule has 0 saturated carbocycles. The molecule has 0 aliphatic heterocycles. The van der Waals surface area contributed by atoms with Gasteiger partial charge in [0.1, 0.15) is 23.0 Å². The van der Waals surface area contributed by atoms with Crippen LogP contribution < -0.4 is 5.73 Å². The van der Waals surface area contributed by atoms with Gasteiger partial charge in [0.2, 0.25) is 0 Å². The molecule has 1 atom stereocenters. The molecule has 0 aromatic carbocycles. The van der Waals surface area contributed by atoms with Crippen molar-refractivity contribution in [1.29, 1.82) is 0 Å². The van der Waals surface area contributed by atoms with Crippen LogP contribution in [0, 0.1) is 5.41 Å². The predicted octanol–water partition coefficient (Wildman–Crippen LogP) is 3.59. The molecule has 0 fully saturated rings. The Morgan fingerprint density at radius 3 is 2.40 bits per heavy atom. The summed E-state index contributed by atoms with van der Waals surface area (Å²) in [5.74, 6) is -0.418. The number of hydrogen-bond acceptors (Lipinski definition) is 4. The topological polar surface area (TPSA) is 65.2 Å². The van der Waals surface area contributed by atoms with Crippen molar-refractivity contribution in [2.75, 3.05) is 0 Å². The van der Waals surface area contributed by atoms with E-state index in [9.17, 15) is 4.79 Å². The van der Waals surface area contributed by atoms with Gasteiger partial charge in [-0.25, -0.2) is 4.98 Å². The Bertz CT molecular complexity index is 452. The number of nitrogens with two attached hydrogens (primary N) is 1. The number of ether oxygens (including phenoxy) is 1. The van der Waals surface area contributed by atoms with Gasteiger partial charge in [0.25, 0.3) is 0 Å². The first-order chi connectivity index (χ1) is 9.17. The van der Waals surface area contributed by atoms with Crippen LogP contribution in [0.2, 0.25) is 10.3 Å². The average Bonchev–Trinajstić information content (AvgIpc) is 2.31. The minimum Gasteiger partial charge on any atom is -0.460 e. The van der Waals surface area contributed by atoms with Crippen molar-refractivity contribution in [2.45, 2.75) is 46.3 Å². The number of carbonyl (C=O) groups excluding carboxylic acids is 1. The highest BCUT2D eigenvalue weighted by Crippen LogP contribution is 2.21. The first-order valence-corrected chi connectivity index (χ1v) is 7.17. The van der Waals surface area contributed by atoms with E-state index in [0.717, 1.165) is 6.42 Å². The molecular formula is C14H20Cl2N2O2. The molecule has 20 heavy (non-hydrogen) atoms. The fraction of sp³-hybridized carbons (Fsp3) is 0.571. The molecular weight excluding hydrogens is 299 g/mol. The van der Waals surface area contributed by atoms with Crippen LogP contribution in [-0.4, -0.2) is 17.0 Å². The summed E-state index contributed by atoms with van der Waals surface area (Å²) in [6, 6.07) is 2.59. The summed E-state index contributed by atoms with van der Waals surface area (Å²) in [6.45, 7) is 6.40. The monoisotopic (exact) mass is 318 g/mol. The number of carbonyl (C=O) groups is 1. The number of esters is 1. The summed E-state index contributed by atoms with van der Waals surface area (Å²) in [5, 5.41) is 0.529. The zero-order valence-electron chi connectivity index (χ0n) is 12.0. The van der Waals surface area contributed by atoms with Crippen molar-refractivity contribution in [3.05, 3.63) is 28.0 Å². The molecule has 0 aliphatic carbocycles. The van der Waals surface area contributed by atoms with Crippen LogP contribution in [0.1, 0.15) is 39.2 Å². The normalized spacial score (nSPS) is 13.1. The molecule has 1 aromatic heterocycles. The summed E-state index contributed by atoms with van der Waals surface area (Å²) < 4.78 is 5.16. The molecule has 0 bridgehead atoms. The number of nitrogens with zero attached hydrogens (tertiary/aromatic N) is 1. The minimum absolute atomic E-state index is 0.0873. The van der Waals surface area contributed by atoms with Crippen LogP contribution >= 0.6 is 23.2 Å². The Labute approximate surface area is 129 Å². The molecule has 2 N–H and O–H groups in total. The zero-order valence-corrected chi connectivity index (χ0v) is 13.5. The average molecular weight is 319 g/mol. The molecule has 1 rings (SSSR count). The Balaban J connectivity index is 2.46. The third-order valence-electron chi connectivity index (χ3n) is 2.71. The molecule has 1 aromatic rings. The van der Waals surface area contributed by atoms with E-state index in [1.165, 1.54) is 0 Å². The number of aromatic nitrogens is 1. The largest absolute Gasteiger partial charge is 0.460 e. The van der Waals surface area contributed by atoms with Crippen LogP contribution in [0.5, 0.6) is 0 Å². The Kier molecular flexibility index (Phi) is 6.24. The Hall–Kier alpha value is -0.840. The molecule has 112 valence electrons. The lowest BCUT2D eigenvalue weighted by molar-refractivity contribution is -0.146. The number of pyridine rings is 1. The first kappa shape index (κ1) is 17.2. The van der Waals surface area contributed by atoms with Gasteiger partial charge >= 0.3 is 5.97 Å². The lowest BCUT2D eigenvalue weighted by Crippen LogP contribution is -2.33. The summed E-state index contributed by atoms with van der Waals surface area (Å²) >= 11 is 11.5. The quantitative estimate of drug-likeness (QED) is 0.665. The second-order valence-electron chi connectivity index (χ2n) is 5.93. The smallest absolute Gasteiger partial charge is 0.323 e. The standard InChI is InChI=1S/C14H20Cl2N2O2/c1-14(2,3)5-4-10(17)13(19)20-8-9-6-11(15)18-12(16)7-9/h6-7,10H,4-5,8,17H2,1-3H3/t10-/m0/s1. The van der Waals surface area contributed by atoms with Gasteiger partial charge in [0.05, 0.1) is 0 Å². The van der Waals surface area contributed by atoms with Gasteiger partial charge in [-0.1, -0.05) is 44.0 Å². The van der Waals surface area contributed by atoms with E-state index in [2.05, 4.69) is 25.8 Å². The Morgan fingerprint density at radius 2 is 1.90 bits per heavy atom. The van der Waals surface area contributed by atoms with E-state index in [1.807, 2.05) is 0 Å². The SMILES string of the molecule is CC(C)(C)CC[C@H](N)C(=O)OCc1cc(Cl)nc(Cl)c1. The lowest BCUT2D eigenvalue weighted by atomic mass is 9.89. The molecule has 4 nitrogen and oxygen atoms in total. The van der Waals surface area contributed by atoms with E-state index >= 15 is 0 Å². The maximum absolute atomic E-state index is 11.8. The minimum atomic E-state index is -0.609. The zero-order chi connectivity index (χ0) is 15.3. The molecule has 1 heterocycles. The highest BCUT2D eigenvalue weighted by atomic mass is 35.5. The van der Waals surface area contributed by atoms with Crippen molar-refractivity contribution in [1.82, 2.24) is 4.98 Å². The highest BCUT2D eigenvalue weighted by Gasteiger charge is 2.19. The predicted molar refractivity (Wildman–Crippen MR) is 80.7 cm³/mol. The second-order valence-corrected chi connectivity index (χ2v) is 6.71. The molecule has 0 amide bonds. The Morgan fingerprint density at radius 1 is 1.35 bits per heavy atom. The summed E-state index contributed by atoms with van der Waals surface area (Å²) in [4.78, 5) is 15.6. The summed E-state index contributed by atoms with van der Waals surface area (Å²) in [5.41, 5.74) is 6.64. The van der Waals surface area contributed by atoms with Crippen LogP contribution in [0.25, 0.3) is 0 Å². The maximum Gasteiger partial charge on any atom is 0.323 e. The molecule has 0 aliphatic rings. The number of rotatable bonds is 5. The van der Waals surface area contributed by atoms with Gasteiger partial charge in [-0.05, 0) is 36.0 Å². The van der Waals surface area contributed by atoms with Gasteiger partial charge < -0.3 is 10.5 Å². The number of halogens is 2. The van der Waals surface area contributed by atoms with E-state index in [1.54, 1.807) is 12.1 Å². The van der Waals surface area contributed by atoms with E-state index in [4.69, 9.17) is 33.7 Å². The van der Waals surface area contributed by atoms with Crippen molar-refractivity contribution in [3.8, 4) is 0 Å². The van der Waals surface area contributed by atoms with Crippen LogP contribution in [0.15, 0.2) is 12.1 Å². The summed E-state index contributed by atoms with van der Waals surface area (Å²) in [6.07, 6.45) is 1.45. The van der Waals surface area contributed by atoms with Crippen molar-refractivity contribution in [3.63, 3.8) is 0 Å². The molecule has 0 saturated heterocycles. The fourth-order valence-electron chi connectivity index (χ4n) is 1.57. The van der Waals surface area contributed by atoms with E-state index < -0.39 is 12.0 Å². The number of hydrogen-bond donors (Lipinski definition) is 1. The van der Waals surface area contributed by atoms with Gasteiger partial charge in [-0.2, -0.15) is 0 Å². The first-order valence-electron chi connectivity index (χ1n) is 6.41. The lowest BCUT2D eigenvalue weighted by Gasteiger charge is -2.20. The molecule has 6 heteroatoms. The van der Waals surface area contributed by atoms with Gasteiger partial charge in [-0.3, -0.25) is 4.79 Å². The van der Waals surface area contributed by atoms with Crippen LogP contribution in [-0.2, 0) is 16.1 Å². The maximum atomic E-state index is 11.8. The van der Waals surface area contributed by atoms with Crippen LogP contribution in [0.4, 0.5) is 0 Å². The molecule has 0 radical (unpaired) electrons. The third kappa shape index (κ3) is 6.55. The highest BCUT2D eigenvalue weighted by molar-refractivity contribution is 6.32. The van der Waals surface area contributed by atoms with Crippen molar-refractivity contribution < 1.29 is 9.53 Å². The van der Waals surface area contributed by atoms with Gasteiger partial charge in [-0.15, -0.1) is 0 Å². The van der Waals surface area contributed by atoms with E-state index in [0.29, 0.717) is 12.0 Å². The second kappa shape index (κ2) is 7.25. The van der Waals surface area contributed by atoms with E-state index in [-0.39, 0.29) is 22.3 Å².